The van der Waals surface area contributed by atoms with Crippen LogP contribution in [0.15, 0.2) is 24.3 Å². The highest BCUT2D eigenvalue weighted by molar-refractivity contribution is 5.87. The minimum absolute atomic E-state index is 0.0212. The number of nitrogens with zero attached hydrogens (tertiary/aromatic N) is 1. The Morgan fingerprint density at radius 3 is 2.53 bits per heavy atom. The maximum absolute atomic E-state index is 11.6. The van der Waals surface area contributed by atoms with E-state index in [0.29, 0.717) is 12.1 Å². The SMILES string of the molecule is CC(=O)C1CCCCN1Cc1ccc(C(=O)O)cc1. The molecule has 1 unspecified atom stereocenters. The van der Waals surface area contributed by atoms with Gasteiger partial charge in [0.1, 0.15) is 5.78 Å². The number of rotatable bonds is 4. The molecule has 1 heterocycles. The monoisotopic (exact) mass is 261 g/mol. The van der Waals surface area contributed by atoms with Crippen molar-refractivity contribution in [2.45, 2.75) is 38.8 Å². The van der Waals surface area contributed by atoms with Crippen molar-refractivity contribution in [3.8, 4) is 0 Å². The number of hydrogen-bond acceptors (Lipinski definition) is 3. The second kappa shape index (κ2) is 5.97. The van der Waals surface area contributed by atoms with Gasteiger partial charge >= 0.3 is 5.97 Å². The number of ketones is 1. The summed E-state index contributed by atoms with van der Waals surface area (Å²) in [5.74, 6) is -0.687. The zero-order chi connectivity index (χ0) is 13.8. The predicted octanol–water partition coefficient (Wildman–Crippen LogP) is 2.33. The van der Waals surface area contributed by atoms with Gasteiger partial charge in [-0.1, -0.05) is 18.6 Å². The van der Waals surface area contributed by atoms with Crippen molar-refractivity contribution in [1.29, 1.82) is 0 Å². The second-order valence-electron chi connectivity index (χ2n) is 5.09. The lowest BCUT2D eigenvalue weighted by Gasteiger charge is -2.34. The topological polar surface area (TPSA) is 57.6 Å². The van der Waals surface area contributed by atoms with E-state index in [1.165, 1.54) is 0 Å². The Bertz CT molecular complexity index is 467. The third-order valence-electron chi connectivity index (χ3n) is 3.67. The maximum atomic E-state index is 11.6. The standard InChI is InChI=1S/C15H19NO3/c1-11(17)14-4-2-3-9-16(14)10-12-5-7-13(8-6-12)15(18)19/h5-8,14H,2-4,9-10H2,1H3,(H,18,19). The number of aromatic carboxylic acids is 1. The number of carboxylic acids is 1. The van der Waals surface area contributed by atoms with Gasteiger partial charge in [0.25, 0.3) is 0 Å². The van der Waals surface area contributed by atoms with E-state index in [0.717, 1.165) is 31.4 Å². The van der Waals surface area contributed by atoms with E-state index in [2.05, 4.69) is 4.90 Å². The summed E-state index contributed by atoms with van der Waals surface area (Å²) in [4.78, 5) is 24.6. The first-order valence-corrected chi connectivity index (χ1v) is 6.64. The van der Waals surface area contributed by atoms with Gasteiger partial charge in [-0.25, -0.2) is 4.79 Å². The molecule has 4 nitrogen and oxygen atoms in total. The third-order valence-corrected chi connectivity index (χ3v) is 3.67. The zero-order valence-electron chi connectivity index (χ0n) is 11.1. The van der Waals surface area contributed by atoms with Crippen LogP contribution in [0.2, 0.25) is 0 Å². The fourth-order valence-corrected chi connectivity index (χ4v) is 2.63. The normalized spacial score (nSPS) is 20.2. The Hall–Kier alpha value is -1.68. The quantitative estimate of drug-likeness (QED) is 0.903. The van der Waals surface area contributed by atoms with E-state index in [1.807, 2.05) is 12.1 Å². The summed E-state index contributed by atoms with van der Waals surface area (Å²) in [5.41, 5.74) is 1.35. The van der Waals surface area contributed by atoms with Crippen LogP contribution in [0.25, 0.3) is 0 Å². The molecule has 1 saturated heterocycles. The van der Waals surface area contributed by atoms with Crippen LogP contribution in [-0.2, 0) is 11.3 Å². The molecule has 1 aromatic carbocycles. The van der Waals surface area contributed by atoms with Gasteiger partial charge in [0.05, 0.1) is 11.6 Å². The molecule has 0 radical (unpaired) electrons. The van der Waals surface area contributed by atoms with Crippen molar-refractivity contribution in [3.63, 3.8) is 0 Å². The molecule has 0 aliphatic carbocycles. The molecule has 4 heteroatoms. The summed E-state index contributed by atoms with van der Waals surface area (Å²) in [6.45, 7) is 3.30. The van der Waals surface area contributed by atoms with Crippen molar-refractivity contribution in [3.05, 3.63) is 35.4 Å². The Balaban J connectivity index is 2.06. The smallest absolute Gasteiger partial charge is 0.335 e. The lowest BCUT2D eigenvalue weighted by atomic mass is 9.98. The summed E-state index contributed by atoms with van der Waals surface area (Å²) < 4.78 is 0. The van der Waals surface area contributed by atoms with Gasteiger partial charge < -0.3 is 5.11 Å². The summed E-state index contributed by atoms with van der Waals surface area (Å²) in [6.07, 6.45) is 3.16. The van der Waals surface area contributed by atoms with Gasteiger partial charge in [-0.15, -0.1) is 0 Å². The Morgan fingerprint density at radius 1 is 1.26 bits per heavy atom. The van der Waals surface area contributed by atoms with Crippen molar-refractivity contribution in [1.82, 2.24) is 4.90 Å². The molecule has 1 fully saturated rings. The van der Waals surface area contributed by atoms with Crippen molar-refractivity contribution < 1.29 is 14.7 Å². The molecule has 2 rings (SSSR count). The summed E-state index contributed by atoms with van der Waals surface area (Å²) >= 11 is 0. The molecule has 0 spiro atoms. The van der Waals surface area contributed by atoms with Gasteiger partial charge in [0.15, 0.2) is 0 Å². The minimum atomic E-state index is -0.911. The first-order chi connectivity index (χ1) is 9.08. The Kier molecular flexibility index (Phi) is 4.32. The van der Waals surface area contributed by atoms with Gasteiger partial charge in [-0.3, -0.25) is 9.69 Å². The lowest BCUT2D eigenvalue weighted by molar-refractivity contribution is -0.123. The highest BCUT2D eigenvalue weighted by Gasteiger charge is 2.25. The number of carbonyl (C=O) groups is 2. The molecule has 1 N–H and O–H groups in total. The van der Waals surface area contributed by atoms with Crippen LogP contribution in [0.1, 0.15) is 42.1 Å². The van der Waals surface area contributed by atoms with E-state index >= 15 is 0 Å². The molecule has 0 bridgehead atoms. The van der Waals surface area contributed by atoms with Crippen LogP contribution in [0, 0.1) is 0 Å². The zero-order valence-corrected chi connectivity index (χ0v) is 11.1. The van der Waals surface area contributed by atoms with E-state index in [1.54, 1.807) is 19.1 Å². The molecule has 102 valence electrons. The van der Waals surface area contributed by atoms with Crippen LogP contribution in [0.3, 0.4) is 0 Å². The lowest BCUT2D eigenvalue weighted by Crippen LogP contribution is -2.43. The summed E-state index contributed by atoms with van der Waals surface area (Å²) in [7, 11) is 0. The molecule has 1 aliphatic rings. The number of carbonyl (C=O) groups excluding carboxylic acids is 1. The number of carboxylic acid groups (broad SMARTS) is 1. The highest BCUT2D eigenvalue weighted by Crippen LogP contribution is 2.20. The molecule has 1 atom stereocenters. The minimum Gasteiger partial charge on any atom is -0.478 e. The number of Topliss-reactive ketones (excluding diaryl/α,β-unsaturated/α-hetero) is 1. The van der Waals surface area contributed by atoms with E-state index in [-0.39, 0.29) is 11.8 Å². The molecule has 0 saturated carbocycles. The van der Waals surface area contributed by atoms with Crippen molar-refractivity contribution in [2.75, 3.05) is 6.54 Å². The van der Waals surface area contributed by atoms with Gasteiger partial charge in [-0.2, -0.15) is 0 Å². The third kappa shape index (κ3) is 3.41. The van der Waals surface area contributed by atoms with Crippen LogP contribution in [-0.4, -0.2) is 34.3 Å². The molecule has 0 aromatic heterocycles. The maximum Gasteiger partial charge on any atom is 0.335 e. The van der Waals surface area contributed by atoms with Gasteiger partial charge in [0, 0.05) is 6.54 Å². The largest absolute Gasteiger partial charge is 0.478 e. The Morgan fingerprint density at radius 2 is 1.95 bits per heavy atom. The predicted molar refractivity (Wildman–Crippen MR) is 72.1 cm³/mol. The summed E-state index contributed by atoms with van der Waals surface area (Å²) in [5, 5.41) is 8.86. The second-order valence-corrected chi connectivity index (χ2v) is 5.09. The molecule has 0 amide bonds. The van der Waals surface area contributed by atoms with Crippen molar-refractivity contribution >= 4 is 11.8 Å². The van der Waals surface area contributed by atoms with Crippen LogP contribution < -0.4 is 0 Å². The first-order valence-electron chi connectivity index (χ1n) is 6.64. The molecule has 1 aromatic rings. The molecular formula is C15H19NO3. The molecule has 19 heavy (non-hydrogen) atoms. The van der Waals surface area contributed by atoms with E-state index in [9.17, 15) is 9.59 Å². The van der Waals surface area contributed by atoms with E-state index in [4.69, 9.17) is 5.11 Å². The van der Waals surface area contributed by atoms with Crippen LogP contribution >= 0.6 is 0 Å². The number of benzene rings is 1. The number of hydrogen-bond donors (Lipinski definition) is 1. The van der Waals surface area contributed by atoms with Gasteiger partial charge in [-0.05, 0) is 44.0 Å². The highest BCUT2D eigenvalue weighted by atomic mass is 16.4. The fraction of sp³-hybridized carbons (Fsp3) is 0.467. The first kappa shape index (κ1) is 13.7. The Labute approximate surface area is 113 Å². The van der Waals surface area contributed by atoms with Crippen LogP contribution in [0.5, 0.6) is 0 Å². The fourth-order valence-electron chi connectivity index (χ4n) is 2.63. The van der Waals surface area contributed by atoms with Crippen molar-refractivity contribution in [2.24, 2.45) is 0 Å². The number of likely N-dealkylation sites (tertiary alicyclic amines) is 1. The molecule has 1 aliphatic heterocycles. The molecular weight excluding hydrogens is 242 g/mol. The average Bonchev–Trinajstić information content (AvgIpc) is 2.39. The van der Waals surface area contributed by atoms with Crippen LogP contribution in [0.4, 0.5) is 0 Å². The van der Waals surface area contributed by atoms with E-state index < -0.39 is 5.97 Å². The number of piperidine rings is 1. The summed E-state index contributed by atoms with van der Waals surface area (Å²) in [6, 6.07) is 6.91. The van der Waals surface area contributed by atoms with Gasteiger partial charge in [0.2, 0.25) is 0 Å². The average molecular weight is 261 g/mol.